The van der Waals surface area contributed by atoms with Gasteiger partial charge in [-0.25, -0.2) is 18.7 Å². The maximum Gasteiger partial charge on any atom is 0.257 e. The van der Waals surface area contributed by atoms with Crippen LogP contribution in [0.1, 0.15) is 0 Å². The maximum absolute atomic E-state index is 14.9. The molecule has 0 unspecified atom stereocenters. The molecule has 17 heteroatoms. The zero-order chi connectivity index (χ0) is 32.3. The highest BCUT2D eigenvalue weighted by molar-refractivity contribution is 5.87. The monoisotopic (exact) mass is 651 g/mol. The van der Waals surface area contributed by atoms with E-state index in [1.165, 1.54) is 10.6 Å². The van der Waals surface area contributed by atoms with Crippen molar-refractivity contribution in [1.82, 2.24) is 44.2 Å². The van der Waals surface area contributed by atoms with E-state index >= 15 is 0 Å². The fraction of sp³-hybridized carbons (Fsp3) is 0.433. The van der Waals surface area contributed by atoms with Gasteiger partial charge in [-0.2, -0.15) is 9.50 Å². The number of carbonyl (C=O) groups excluding carboxylic acids is 1. The molecule has 1 amide bonds. The smallest absolute Gasteiger partial charge is 0.257 e. The molecule has 3 N–H and O–H groups in total. The van der Waals surface area contributed by atoms with Crippen molar-refractivity contribution in [2.75, 3.05) is 89.4 Å². The highest BCUT2D eigenvalue weighted by atomic mass is 19.1. The van der Waals surface area contributed by atoms with E-state index in [0.717, 1.165) is 19.2 Å². The van der Waals surface area contributed by atoms with Crippen LogP contribution in [-0.4, -0.2) is 124 Å². The van der Waals surface area contributed by atoms with Gasteiger partial charge in [-0.1, -0.05) is 0 Å². The minimum atomic E-state index is -0.853. The molecule has 0 bridgehead atoms. The van der Waals surface area contributed by atoms with E-state index in [2.05, 4.69) is 35.2 Å². The molecule has 2 aliphatic rings. The zero-order valence-electron chi connectivity index (χ0n) is 25.6. The van der Waals surface area contributed by atoms with Crippen LogP contribution < -0.4 is 20.7 Å². The van der Waals surface area contributed by atoms with E-state index in [9.17, 15) is 13.6 Å². The van der Waals surface area contributed by atoms with Gasteiger partial charge in [-0.05, 0) is 12.1 Å². The van der Waals surface area contributed by atoms with Gasteiger partial charge < -0.3 is 34.4 Å². The number of hydrogen-bond acceptors (Lipinski definition) is 12. The van der Waals surface area contributed by atoms with Gasteiger partial charge in [0.25, 0.3) is 5.91 Å². The Morgan fingerprint density at radius 3 is 2.57 bits per heavy atom. The van der Waals surface area contributed by atoms with Crippen molar-refractivity contribution in [1.29, 1.82) is 0 Å². The standard InChI is InChI=1S/C30H35F2N11O4/c31-20-16-21(32)24(47-18-25(44)34-3-4-39-11-14-45-15-12-39)17-22(20)41-8-5-40(6-9-41)7-10-42-19-35-26-28(42)37-30(33)43-29(26)36-27(38-43)23-2-1-13-46-23/h1-2,13,16-17,19H,3-12,14-15,18H2,(H2,33,37)(H,34,44). The third-order valence-corrected chi connectivity index (χ3v) is 8.39. The Labute approximate surface area is 267 Å². The van der Waals surface area contributed by atoms with E-state index in [4.69, 9.17) is 19.6 Å². The SMILES string of the molecule is Nc1nc2c(ncn2CCN2CCN(c3cc(OCC(=O)NCCN4CCOCC4)c(F)cc3F)CC2)c2nc(-c3ccco3)nn12. The minimum Gasteiger partial charge on any atom is -0.481 e. The number of carbonyl (C=O) groups is 1. The number of nitrogens with two attached hydrogens (primary N) is 1. The van der Waals surface area contributed by atoms with Crippen LogP contribution in [0, 0.1) is 11.6 Å². The molecule has 2 aliphatic heterocycles. The number of amides is 1. The Morgan fingerprint density at radius 1 is 0.979 bits per heavy atom. The molecule has 0 aliphatic carbocycles. The number of aromatic nitrogens is 6. The Kier molecular flexibility index (Phi) is 8.82. The number of anilines is 2. The van der Waals surface area contributed by atoms with Gasteiger partial charge >= 0.3 is 0 Å². The summed E-state index contributed by atoms with van der Waals surface area (Å²) in [4.78, 5) is 32.2. The van der Waals surface area contributed by atoms with Crippen LogP contribution in [0.15, 0.2) is 41.3 Å². The number of fused-ring (bicyclic) bond motifs is 3. The molecule has 1 aromatic carbocycles. The largest absolute Gasteiger partial charge is 0.481 e. The number of nitrogens with one attached hydrogen (secondary N) is 1. The third kappa shape index (κ3) is 6.68. The molecule has 4 aromatic heterocycles. The molecule has 7 rings (SSSR count). The van der Waals surface area contributed by atoms with Crippen molar-refractivity contribution in [3.8, 4) is 17.3 Å². The number of hydrogen-bond donors (Lipinski definition) is 2. The fourth-order valence-electron chi connectivity index (χ4n) is 5.81. The molecular weight excluding hydrogens is 616 g/mol. The number of piperazine rings is 1. The topological polar surface area (TPSA) is 157 Å². The summed E-state index contributed by atoms with van der Waals surface area (Å²) in [6.45, 7) is 7.42. The summed E-state index contributed by atoms with van der Waals surface area (Å²) < 4.78 is 49.0. The normalized spacial score (nSPS) is 16.3. The summed E-state index contributed by atoms with van der Waals surface area (Å²) in [5.74, 6) is -0.978. The number of nitrogen functional groups attached to an aromatic ring is 1. The third-order valence-electron chi connectivity index (χ3n) is 8.39. The Balaban J connectivity index is 0.927. The van der Waals surface area contributed by atoms with E-state index in [-0.39, 0.29) is 29.9 Å². The van der Waals surface area contributed by atoms with Crippen LogP contribution in [0.2, 0.25) is 0 Å². The number of morpholine rings is 1. The zero-order valence-corrected chi connectivity index (χ0v) is 25.6. The molecule has 47 heavy (non-hydrogen) atoms. The molecule has 6 heterocycles. The highest BCUT2D eigenvalue weighted by Crippen LogP contribution is 2.29. The summed E-state index contributed by atoms with van der Waals surface area (Å²) in [6, 6.07) is 5.66. The minimum absolute atomic E-state index is 0.163. The van der Waals surface area contributed by atoms with Gasteiger partial charge in [0.05, 0.1) is 31.5 Å². The van der Waals surface area contributed by atoms with Crippen molar-refractivity contribution >= 4 is 34.4 Å². The van der Waals surface area contributed by atoms with Crippen molar-refractivity contribution in [3.63, 3.8) is 0 Å². The molecule has 2 fully saturated rings. The van der Waals surface area contributed by atoms with Gasteiger partial charge in [-0.3, -0.25) is 14.6 Å². The van der Waals surface area contributed by atoms with Gasteiger partial charge in [0.2, 0.25) is 11.8 Å². The Bertz CT molecular complexity index is 1850. The van der Waals surface area contributed by atoms with E-state index in [1.54, 1.807) is 24.7 Å². The first-order valence-corrected chi connectivity index (χ1v) is 15.5. The van der Waals surface area contributed by atoms with Gasteiger partial charge in [0, 0.05) is 77.6 Å². The van der Waals surface area contributed by atoms with Crippen molar-refractivity contribution in [2.45, 2.75) is 6.54 Å². The van der Waals surface area contributed by atoms with Crippen LogP contribution in [0.3, 0.4) is 0 Å². The summed E-state index contributed by atoms with van der Waals surface area (Å²) in [6.07, 6.45) is 3.25. The molecule has 2 saturated heterocycles. The number of furan rings is 1. The Morgan fingerprint density at radius 2 is 1.79 bits per heavy atom. The fourth-order valence-corrected chi connectivity index (χ4v) is 5.81. The van der Waals surface area contributed by atoms with Crippen LogP contribution in [0.25, 0.3) is 28.4 Å². The van der Waals surface area contributed by atoms with E-state index in [1.807, 2.05) is 9.47 Å². The predicted octanol–water partition coefficient (Wildman–Crippen LogP) is 1.24. The van der Waals surface area contributed by atoms with Gasteiger partial charge in [0.15, 0.2) is 40.7 Å². The first kappa shape index (κ1) is 30.8. The van der Waals surface area contributed by atoms with Crippen molar-refractivity contribution < 1.29 is 27.5 Å². The summed E-state index contributed by atoms with van der Waals surface area (Å²) in [5, 5.41) is 7.19. The molecule has 248 valence electrons. The molecule has 0 atom stereocenters. The number of rotatable bonds is 11. The van der Waals surface area contributed by atoms with Gasteiger partial charge in [0.1, 0.15) is 5.82 Å². The summed E-state index contributed by atoms with van der Waals surface area (Å²) in [5.41, 5.74) is 8.10. The van der Waals surface area contributed by atoms with Crippen LogP contribution in [0.5, 0.6) is 5.75 Å². The average Bonchev–Trinajstić information content (AvgIpc) is 3.85. The van der Waals surface area contributed by atoms with Crippen LogP contribution >= 0.6 is 0 Å². The lowest BCUT2D eigenvalue weighted by molar-refractivity contribution is -0.123. The summed E-state index contributed by atoms with van der Waals surface area (Å²) >= 11 is 0. The second-order valence-corrected chi connectivity index (χ2v) is 11.4. The quantitative estimate of drug-likeness (QED) is 0.211. The molecule has 0 radical (unpaired) electrons. The Hall–Kier alpha value is -4.87. The maximum atomic E-state index is 14.9. The number of ether oxygens (including phenoxy) is 2. The lowest BCUT2D eigenvalue weighted by Crippen LogP contribution is -2.47. The van der Waals surface area contributed by atoms with Crippen molar-refractivity contribution in [3.05, 3.63) is 48.5 Å². The van der Waals surface area contributed by atoms with E-state index < -0.39 is 11.6 Å². The second kappa shape index (κ2) is 13.5. The highest BCUT2D eigenvalue weighted by Gasteiger charge is 2.23. The first-order chi connectivity index (χ1) is 22.9. The van der Waals surface area contributed by atoms with E-state index in [0.29, 0.717) is 94.0 Å². The number of halogens is 2. The number of benzene rings is 1. The van der Waals surface area contributed by atoms with Crippen LogP contribution in [0.4, 0.5) is 20.4 Å². The molecule has 0 saturated carbocycles. The molecule has 0 spiro atoms. The predicted molar refractivity (Wildman–Crippen MR) is 167 cm³/mol. The second-order valence-electron chi connectivity index (χ2n) is 11.4. The lowest BCUT2D eigenvalue weighted by atomic mass is 10.2. The average molecular weight is 652 g/mol. The molecule has 5 aromatic rings. The number of imidazole rings is 1. The summed E-state index contributed by atoms with van der Waals surface area (Å²) in [7, 11) is 0. The lowest BCUT2D eigenvalue weighted by Gasteiger charge is -2.36. The van der Waals surface area contributed by atoms with Crippen molar-refractivity contribution in [2.24, 2.45) is 0 Å². The first-order valence-electron chi connectivity index (χ1n) is 15.5. The molecule has 15 nitrogen and oxygen atoms in total. The number of nitrogens with zero attached hydrogens (tertiary/aromatic N) is 9. The molecular formula is C30H35F2N11O4. The van der Waals surface area contributed by atoms with Crippen LogP contribution in [-0.2, 0) is 16.1 Å². The van der Waals surface area contributed by atoms with Gasteiger partial charge in [-0.15, -0.1) is 5.10 Å².